The lowest BCUT2D eigenvalue weighted by Gasteiger charge is -2.23. The van der Waals surface area contributed by atoms with Crippen LogP contribution in [0.1, 0.15) is 303 Å². The molecular formula is C52H105NO4. The van der Waals surface area contributed by atoms with E-state index in [0.717, 1.165) is 25.7 Å². The van der Waals surface area contributed by atoms with Gasteiger partial charge in [0.2, 0.25) is 5.91 Å². The fourth-order valence-corrected chi connectivity index (χ4v) is 8.64. The van der Waals surface area contributed by atoms with Gasteiger partial charge in [-0.3, -0.25) is 4.79 Å². The predicted molar refractivity (Wildman–Crippen MR) is 250 cm³/mol. The highest BCUT2D eigenvalue weighted by Gasteiger charge is 2.21. The molecule has 3 atom stereocenters. The molecule has 342 valence electrons. The zero-order valence-electron chi connectivity index (χ0n) is 39.0. The minimum atomic E-state index is -0.745. The first-order valence-electron chi connectivity index (χ1n) is 26.3. The highest BCUT2D eigenvalue weighted by Crippen LogP contribution is 2.18. The first-order valence-corrected chi connectivity index (χ1v) is 26.3. The Morgan fingerprint density at radius 1 is 0.368 bits per heavy atom. The molecule has 0 heterocycles. The Hall–Kier alpha value is -0.650. The lowest BCUT2D eigenvalue weighted by Crippen LogP contribution is -2.46. The number of carbonyl (C=O) groups excluding carboxylic acids is 1. The first-order chi connectivity index (χ1) is 28.0. The lowest BCUT2D eigenvalue weighted by molar-refractivity contribution is -0.125. The van der Waals surface area contributed by atoms with Gasteiger partial charge in [0.05, 0.1) is 31.3 Å². The Morgan fingerprint density at radius 3 is 0.842 bits per heavy atom. The van der Waals surface area contributed by atoms with E-state index < -0.39 is 18.2 Å². The molecule has 0 aliphatic carbocycles. The molecule has 5 nitrogen and oxygen atoms in total. The number of aliphatic hydroxyl groups is 3. The van der Waals surface area contributed by atoms with Crippen molar-refractivity contribution in [3.05, 3.63) is 0 Å². The van der Waals surface area contributed by atoms with E-state index in [1.165, 1.54) is 244 Å². The van der Waals surface area contributed by atoms with Crippen LogP contribution >= 0.6 is 0 Å². The molecule has 0 fully saturated rings. The molecule has 0 saturated heterocycles. The highest BCUT2D eigenvalue weighted by molar-refractivity contribution is 5.76. The maximum Gasteiger partial charge on any atom is 0.222 e. The van der Waals surface area contributed by atoms with E-state index in [9.17, 15) is 20.1 Å². The van der Waals surface area contributed by atoms with Crippen molar-refractivity contribution in [1.29, 1.82) is 0 Å². The second-order valence-electron chi connectivity index (χ2n) is 18.5. The summed E-state index contributed by atoms with van der Waals surface area (Å²) in [6, 6.07) is -0.653. The average Bonchev–Trinajstić information content (AvgIpc) is 3.20. The van der Waals surface area contributed by atoms with E-state index in [-0.39, 0.29) is 18.9 Å². The van der Waals surface area contributed by atoms with Gasteiger partial charge in [-0.15, -0.1) is 0 Å². The van der Waals surface area contributed by atoms with Gasteiger partial charge in [0.1, 0.15) is 0 Å². The summed E-state index contributed by atoms with van der Waals surface area (Å²) in [7, 11) is 0. The molecule has 0 spiro atoms. The van der Waals surface area contributed by atoms with Crippen LogP contribution < -0.4 is 5.32 Å². The van der Waals surface area contributed by atoms with Crippen molar-refractivity contribution in [3.63, 3.8) is 0 Å². The summed E-state index contributed by atoms with van der Waals surface area (Å²) in [4.78, 5) is 12.5. The smallest absolute Gasteiger partial charge is 0.222 e. The van der Waals surface area contributed by atoms with Gasteiger partial charge in [0.15, 0.2) is 0 Å². The van der Waals surface area contributed by atoms with Crippen LogP contribution in [0.5, 0.6) is 0 Å². The third kappa shape index (κ3) is 44.7. The van der Waals surface area contributed by atoms with Gasteiger partial charge in [-0.1, -0.05) is 284 Å². The van der Waals surface area contributed by atoms with E-state index in [1.807, 2.05) is 0 Å². The summed E-state index contributed by atoms with van der Waals surface area (Å²) < 4.78 is 0. The summed E-state index contributed by atoms with van der Waals surface area (Å²) in [5.41, 5.74) is 0. The maximum absolute atomic E-state index is 12.5. The van der Waals surface area contributed by atoms with Crippen molar-refractivity contribution in [3.8, 4) is 0 Å². The van der Waals surface area contributed by atoms with Crippen LogP contribution in [0.25, 0.3) is 0 Å². The monoisotopic (exact) mass is 808 g/mol. The molecular weight excluding hydrogens is 703 g/mol. The number of hydrogen-bond acceptors (Lipinski definition) is 4. The van der Waals surface area contributed by atoms with E-state index >= 15 is 0 Å². The molecule has 0 aliphatic rings. The Balaban J connectivity index is 3.52. The van der Waals surface area contributed by atoms with Crippen molar-refractivity contribution >= 4 is 5.91 Å². The maximum atomic E-state index is 12.5. The zero-order chi connectivity index (χ0) is 41.5. The average molecular weight is 808 g/mol. The first kappa shape index (κ1) is 56.4. The predicted octanol–water partition coefficient (Wildman–Crippen LogP) is 15.8. The quantitative estimate of drug-likeness (QED) is 0.0461. The molecule has 0 aromatic rings. The molecule has 3 unspecified atom stereocenters. The number of rotatable bonds is 49. The summed E-state index contributed by atoms with van der Waals surface area (Å²) in [6.07, 6.45) is 56.7. The van der Waals surface area contributed by atoms with Crippen molar-refractivity contribution in [1.82, 2.24) is 5.32 Å². The summed E-state index contributed by atoms with van der Waals surface area (Å²) >= 11 is 0. The zero-order valence-corrected chi connectivity index (χ0v) is 39.0. The molecule has 0 rings (SSSR count). The molecule has 0 aromatic heterocycles. The molecule has 0 bridgehead atoms. The Labute approximate surface area is 357 Å². The number of amides is 1. The Morgan fingerprint density at radius 2 is 0.596 bits per heavy atom. The third-order valence-corrected chi connectivity index (χ3v) is 12.7. The normalized spacial score (nSPS) is 13.3. The van der Waals surface area contributed by atoms with Crippen LogP contribution in [0.3, 0.4) is 0 Å². The van der Waals surface area contributed by atoms with E-state index in [4.69, 9.17) is 0 Å². The number of nitrogens with one attached hydrogen (secondary N) is 1. The number of carbonyl (C=O) groups is 1. The van der Waals surface area contributed by atoms with Crippen LogP contribution in [0, 0.1) is 0 Å². The van der Waals surface area contributed by atoms with E-state index in [2.05, 4.69) is 19.2 Å². The van der Waals surface area contributed by atoms with Gasteiger partial charge in [-0.25, -0.2) is 0 Å². The lowest BCUT2D eigenvalue weighted by atomic mass is 10.0. The number of hydrogen-bond donors (Lipinski definition) is 4. The van der Waals surface area contributed by atoms with Crippen LogP contribution in [0.4, 0.5) is 0 Å². The fourth-order valence-electron chi connectivity index (χ4n) is 8.64. The third-order valence-electron chi connectivity index (χ3n) is 12.7. The fraction of sp³-hybridized carbons (Fsp3) is 0.981. The summed E-state index contributed by atoms with van der Waals surface area (Å²) in [5, 5.41) is 33.6. The highest BCUT2D eigenvalue weighted by atomic mass is 16.3. The van der Waals surface area contributed by atoms with E-state index in [0.29, 0.717) is 12.8 Å². The SMILES string of the molecule is CCCCCCCCCCCCCCCCCCCCCCCC(O)CC(=O)NC(CO)C(O)CCCCCCCCCCCCCCCCCCCCCCC. The van der Waals surface area contributed by atoms with Gasteiger partial charge in [-0.05, 0) is 12.8 Å². The molecule has 0 aromatic carbocycles. The molecule has 4 N–H and O–H groups in total. The van der Waals surface area contributed by atoms with Gasteiger partial charge in [0.25, 0.3) is 0 Å². The summed E-state index contributed by atoms with van der Waals surface area (Å²) in [5.74, 6) is -0.275. The standard InChI is InChI=1S/C52H105NO4/c1-3-5-7-9-11-13-15-17-19-21-23-25-27-29-31-33-35-37-39-41-43-45-49(55)47-52(57)53-50(48-54)51(56)46-44-42-40-38-36-34-32-30-28-26-24-22-20-18-16-14-12-10-8-6-4-2/h49-51,54-56H,3-48H2,1-2H3,(H,53,57). The largest absolute Gasteiger partial charge is 0.394 e. The molecule has 5 heteroatoms. The molecule has 57 heavy (non-hydrogen) atoms. The van der Waals surface area contributed by atoms with Gasteiger partial charge in [0, 0.05) is 0 Å². The van der Waals surface area contributed by atoms with Crippen molar-refractivity contribution in [2.75, 3.05) is 6.61 Å². The topological polar surface area (TPSA) is 89.8 Å². The van der Waals surface area contributed by atoms with Crippen LogP contribution in [-0.4, -0.2) is 46.1 Å². The Bertz CT molecular complexity index is 762. The van der Waals surface area contributed by atoms with Crippen LogP contribution in [0.15, 0.2) is 0 Å². The molecule has 1 amide bonds. The van der Waals surface area contributed by atoms with Crippen LogP contribution in [-0.2, 0) is 4.79 Å². The molecule has 0 aliphatic heterocycles. The minimum Gasteiger partial charge on any atom is -0.394 e. The van der Waals surface area contributed by atoms with Crippen molar-refractivity contribution in [2.45, 2.75) is 321 Å². The Kier molecular flexibility index (Phi) is 47.5. The number of unbranched alkanes of at least 4 members (excludes halogenated alkanes) is 40. The number of aliphatic hydroxyl groups excluding tert-OH is 3. The van der Waals surface area contributed by atoms with Gasteiger partial charge in [-0.2, -0.15) is 0 Å². The van der Waals surface area contributed by atoms with E-state index in [1.54, 1.807) is 0 Å². The second-order valence-corrected chi connectivity index (χ2v) is 18.5. The molecule has 0 saturated carbocycles. The van der Waals surface area contributed by atoms with Crippen LogP contribution in [0.2, 0.25) is 0 Å². The molecule has 0 radical (unpaired) electrons. The van der Waals surface area contributed by atoms with Gasteiger partial charge >= 0.3 is 0 Å². The van der Waals surface area contributed by atoms with Crippen molar-refractivity contribution in [2.24, 2.45) is 0 Å². The second kappa shape index (κ2) is 48.0. The van der Waals surface area contributed by atoms with Gasteiger partial charge < -0.3 is 20.6 Å². The van der Waals surface area contributed by atoms with Crippen molar-refractivity contribution < 1.29 is 20.1 Å². The summed E-state index contributed by atoms with van der Waals surface area (Å²) in [6.45, 7) is 4.30. The minimum absolute atomic E-state index is 0.0434.